The van der Waals surface area contributed by atoms with Crippen LogP contribution in [0.3, 0.4) is 0 Å². The fraction of sp³-hybridized carbons (Fsp3) is 0.346. The molecule has 35 heavy (non-hydrogen) atoms. The monoisotopic (exact) mass is 515 g/mol. The van der Waals surface area contributed by atoms with Crippen LogP contribution in [0.25, 0.3) is 6.08 Å². The SMILES string of the molecule is CCN1c2cc(F)c(/C=C3/SC(=O)N(CC(=O)Nc4ccc(Cl)cc4)C3=O)cc2C(C)CC1(C)C. The molecule has 3 amide bonds. The maximum atomic E-state index is 15.2. The third-order valence-electron chi connectivity index (χ3n) is 6.41. The second kappa shape index (κ2) is 9.66. The maximum Gasteiger partial charge on any atom is 0.294 e. The highest BCUT2D eigenvalue weighted by molar-refractivity contribution is 8.18. The van der Waals surface area contributed by atoms with Crippen LogP contribution in [-0.4, -0.2) is 40.6 Å². The van der Waals surface area contributed by atoms with Crippen LogP contribution in [0.15, 0.2) is 41.3 Å². The second-order valence-corrected chi connectivity index (χ2v) is 10.8. The van der Waals surface area contributed by atoms with Gasteiger partial charge in [-0.3, -0.25) is 19.3 Å². The maximum absolute atomic E-state index is 15.2. The molecule has 0 aromatic heterocycles. The van der Waals surface area contributed by atoms with Crippen molar-refractivity contribution in [3.8, 4) is 0 Å². The molecule has 2 aliphatic rings. The highest BCUT2D eigenvalue weighted by atomic mass is 35.5. The number of imide groups is 1. The summed E-state index contributed by atoms with van der Waals surface area (Å²) in [5.41, 5.74) is 2.53. The molecule has 1 atom stereocenters. The number of rotatable bonds is 5. The number of hydrogen-bond acceptors (Lipinski definition) is 5. The lowest BCUT2D eigenvalue weighted by Crippen LogP contribution is -2.48. The van der Waals surface area contributed by atoms with Crippen molar-refractivity contribution >= 4 is 57.9 Å². The van der Waals surface area contributed by atoms with E-state index in [9.17, 15) is 14.4 Å². The summed E-state index contributed by atoms with van der Waals surface area (Å²) in [6, 6.07) is 9.77. The smallest absolute Gasteiger partial charge is 0.294 e. The van der Waals surface area contributed by atoms with E-state index >= 15 is 4.39 Å². The molecule has 184 valence electrons. The highest BCUT2D eigenvalue weighted by Crippen LogP contribution is 2.44. The summed E-state index contributed by atoms with van der Waals surface area (Å²) in [5.74, 6) is -1.39. The number of fused-ring (bicyclic) bond motifs is 1. The minimum Gasteiger partial charge on any atom is -0.366 e. The molecule has 1 fully saturated rings. The quantitative estimate of drug-likeness (QED) is 0.475. The molecule has 2 aromatic carbocycles. The van der Waals surface area contributed by atoms with Crippen molar-refractivity contribution in [2.45, 2.75) is 45.6 Å². The molecule has 4 rings (SSSR count). The Bertz CT molecular complexity index is 1230. The van der Waals surface area contributed by atoms with E-state index in [1.54, 1.807) is 30.3 Å². The predicted molar refractivity (Wildman–Crippen MR) is 139 cm³/mol. The van der Waals surface area contributed by atoms with Crippen LogP contribution >= 0.6 is 23.4 Å². The summed E-state index contributed by atoms with van der Waals surface area (Å²) in [6.07, 6.45) is 2.32. The van der Waals surface area contributed by atoms with Gasteiger partial charge in [-0.05, 0) is 92.9 Å². The minimum absolute atomic E-state index is 0.0873. The Labute approximate surface area is 213 Å². The van der Waals surface area contributed by atoms with Gasteiger partial charge in [-0.1, -0.05) is 18.5 Å². The number of carbonyl (C=O) groups excluding carboxylic acids is 3. The van der Waals surface area contributed by atoms with Crippen molar-refractivity contribution in [2.75, 3.05) is 23.3 Å². The van der Waals surface area contributed by atoms with Gasteiger partial charge in [0.2, 0.25) is 5.91 Å². The molecule has 6 nitrogen and oxygen atoms in total. The van der Waals surface area contributed by atoms with Crippen molar-refractivity contribution < 1.29 is 18.8 Å². The Kier molecular flexibility index (Phi) is 6.97. The van der Waals surface area contributed by atoms with Gasteiger partial charge in [0.1, 0.15) is 12.4 Å². The summed E-state index contributed by atoms with van der Waals surface area (Å²) >= 11 is 6.55. The van der Waals surface area contributed by atoms with Gasteiger partial charge in [-0.25, -0.2) is 4.39 Å². The summed E-state index contributed by atoms with van der Waals surface area (Å²) in [4.78, 5) is 40.9. The topological polar surface area (TPSA) is 69.7 Å². The van der Waals surface area contributed by atoms with Crippen LogP contribution in [0, 0.1) is 5.82 Å². The minimum atomic E-state index is -0.618. The van der Waals surface area contributed by atoms with E-state index in [1.807, 2.05) is 6.92 Å². The number of nitrogens with one attached hydrogen (secondary N) is 1. The van der Waals surface area contributed by atoms with Crippen LogP contribution in [0.4, 0.5) is 20.6 Å². The number of nitrogens with zero attached hydrogens (tertiary/aromatic N) is 2. The van der Waals surface area contributed by atoms with E-state index in [0.717, 1.165) is 29.1 Å². The summed E-state index contributed by atoms with van der Waals surface area (Å²) in [6.45, 7) is 8.79. The third kappa shape index (κ3) is 5.09. The lowest BCUT2D eigenvalue weighted by molar-refractivity contribution is -0.127. The van der Waals surface area contributed by atoms with E-state index in [-0.39, 0.29) is 21.9 Å². The Morgan fingerprint density at radius 2 is 1.94 bits per heavy atom. The van der Waals surface area contributed by atoms with Gasteiger partial charge in [0, 0.05) is 34.0 Å². The summed E-state index contributed by atoms with van der Waals surface area (Å²) in [5, 5.41) is 2.58. The molecule has 0 saturated carbocycles. The van der Waals surface area contributed by atoms with Crippen LogP contribution in [0.2, 0.25) is 5.02 Å². The molecular formula is C26H27ClFN3O3S. The molecule has 2 heterocycles. The van der Waals surface area contributed by atoms with Crippen molar-refractivity contribution in [1.29, 1.82) is 0 Å². The standard InChI is InChI=1S/C26H27ClFN3O3S/c1-5-31-21-12-20(28)16(10-19(21)15(2)13-26(31,3)4)11-22-24(33)30(25(34)35-22)14-23(32)29-18-8-6-17(27)7-9-18/h6-12,15H,5,13-14H2,1-4H3,(H,29,32)/b22-11+. The zero-order valence-electron chi connectivity index (χ0n) is 20.0. The number of benzene rings is 2. The first-order valence-corrected chi connectivity index (χ1v) is 12.6. The average molecular weight is 516 g/mol. The second-order valence-electron chi connectivity index (χ2n) is 9.42. The molecule has 0 radical (unpaired) electrons. The largest absolute Gasteiger partial charge is 0.366 e. The molecule has 9 heteroatoms. The van der Waals surface area contributed by atoms with Crippen molar-refractivity contribution in [3.05, 3.63) is 63.3 Å². The van der Waals surface area contributed by atoms with E-state index in [4.69, 9.17) is 11.6 Å². The van der Waals surface area contributed by atoms with Gasteiger partial charge in [-0.15, -0.1) is 0 Å². The molecule has 0 spiro atoms. The summed E-state index contributed by atoms with van der Waals surface area (Å²) < 4.78 is 15.2. The number of thioether (sulfide) groups is 1. The Morgan fingerprint density at radius 3 is 2.60 bits per heavy atom. The van der Waals surface area contributed by atoms with Crippen LogP contribution in [0.5, 0.6) is 0 Å². The van der Waals surface area contributed by atoms with Crippen LogP contribution in [-0.2, 0) is 9.59 Å². The molecule has 1 unspecified atom stereocenters. The van der Waals surface area contributed by atoms with E-state index in [0.29, 0.717) is 22.5 Å². The van der Waals surface area contributed by atoms with Crippen LogP contribution in [0.1, 0.15) is 51.2 Å². The first-order chi connectivity index (χ1) is 16.5. The predicted octanol–water partition coefficient (Wildman–Crippen LogP) is 6.27. The van der Waals surface area contributed by atoms with E-state index < -0.39 is 29.4 Å². The lowest BCUT2D eigenvalue weighted by atomic mass is 9.79. The first kappa shape index (κ1) is 25.3. The number of hydrogen-bond donors (Lipinski definition) is 1. The van der Waals surface area contributed by atoms with Gasteiger partial charge in [0.15, 0.2) is 0 Å². The van der Waals surface area contributed by atoms with Gasteiger partial charge in [0.25, 0.3) is 11.1 Å². The Hall–Kier alpha value is -2.84. The Morgan fingerprint density at radius 1 is 1.26 bits per heavy atom. The number of anilines is 2. The van der Waals surface area contributed by atoms with Gasteiger partial charge in [0.05, 0.1) is 4.91 Å². The number of halogens is 2. The third-order valence-corrected chi connectivity index (χ3v) is 7.57. The van der Waals surface area contributed by atoms with E-state index in [2.05, 4.69) is 31.0 Å². The van der Waals surface area contributed by atoms with Gasteiger partial charge >= 0.3 is 0 Å². The molecule has 1 saturated heterocycles. The lowest BCUT2D eigenvalue weighted by Gasteiger charge is -2.47. The Balaban J connectivity index is 1.55. The van der Waals surface area contributed by atoms with Crippen LogP contribution < -0.4 is 10.2 Å². The average Bonchev–Trinajstić information content (AvgIpc) is 3.03. The fourth-order valence-corrected chi connectivity index (χ4v) is 5.84. The molecule has 2 aliphatic heterocycles. The number of carbonyl (C=O) groups is 3. The van der Waals surface area contributed by atoms with Gasteiger partial charge in [-0.2, -0.15) is 0 Å². The zero-order valence-corrected chi connectivity index (χ0v) is 21.6. The number of amides is 3. The summed E-state index contributed by atoms with van der Waals surface area (Å²) in [7, 11) is 0. The molecular weight excluding hydrogens is 489 g/mol. The van der Waals surface area contributed by atoms with Gasteiger partial charge < -0.3 is 10.2 Å². The molecule has 1 N–H and O–H groups in total. The molecule has 0 aliphatic carbocycles. The normalized spacial score (nSPS) is 20.4. The fourth-order valence-electron chi connectivity index (χ4n) is 4.88. The van der Waals surface area contributed by atoms with Crippen molar-refractivity contribution in [2.24, 2.45) is 0 Å². The van der Waals surface area contributed by atoms with Crippen molar-refractivity contribution in [3.63, 3.8) is 0 Å². The molecule has 2 aromatic rings. The van der Waals surface area contributed by atoms with Crippen molar-refractivity contribution in [1.82, 2.24) is 4.90 Å². The first-order valence-electron chi connectivity index (χ1n) is 11.4. The molecule has 0 bridgehead atoms. The van der Waals surface area contributed by atoms with E-state index in [1.165, 1.54) is 12.1 Å². The zero-order chi connectivity index (χ0) is 25.5. The highest BCUT2D eigenvalue weighted by Gasteiger charge is 2.38.